The third-order valence-corrected chi connectivity index (χ3v) is 10.3. The number of nitrogens with two attached hydrogens (primary N) is 1. The number of benzene rings is 7. The van der Waals surface area contributed by atoms with E-state index in [9.17, 15) is 0 Å². The van der Waals surface area contributed by atoms with E-state index in [-0.39, 0.29) is 0 Å². The maximum Gasteiger partial charge on any atom is 0.124 e. The number of para-hydroxylation sites is 4. The molecule has 8 aromatic rings. The molecule has 0 radical (unpaired) electrons. The molecule has 0 bridgehead atoms. The first-order valence-electron chi connectivity index (χ1n) is 19.8. The van der Waals surface area contributed by atoms with Crippen LogP contribution in [-0.2, 0) is 33.2 Å². The van der Waals surface area contributed by atoms with E-state index in [4.69, 9.17) is 42.6 Å². The van der Waals surface area contributed by atoms with Crippen LogP contribution in [0.25, 0.3) is 33.3 Å². The Hall–Kier alpha value is -6.76. The Morgan fingerprint density at radius 3 is 1.28 bits per heavy atom. The molecule has 10 nitrogen and oxygen atoms in total. The maximum absolute atomic E-state index is 7.14. The predicted molar refractivity (Wildman–Crippen MR) is 245 cm³/mol. The first kappa shape index (κ1) is 40.0. The number of rotatable bonds is 18. The fourth-order valence-corrected chi connectivity index (χ4v) is 7.50. The molecule has 0 fully saturated rings. The molecule has 2 N–H and O–H groups in total. The van der Waals surface area contributed by atoms with Crippen molar-refractivity contribution in [3.63, 3.8) is 0 Å². The van der Waals surface area contributed by atoms with Crippen molar-refractivity contribution in [3.05, 3.63) is 170 Å². The van der Waals surface area contributed by atoms with Crippen molar-refractivity contribution in [1.82, 2.24) is 15.0 Å². The van der Waals surface area contributed by atoms with Gasteiger partial charge < -0.3 is 29.7 Å². The molecule has 11 heteroatoms. The molecule has 0 aliphatic rings. The molecule has 60 heavy (non-hydrogen) atoms. The van der Waals surface area contributed by atoms with Crippen LogP contribution < -0.4 is 15.5 Å². The number of methoxy groups -OCH3 is 1. The summed E-state index contributed by atoms with van der Waals surface area (Å²) in [5.41, 5.74) is 18.6. The van der Waals surface area contributed by atoms with Crippen LogP contribution in [0.2, 0.25) is 0 Å². The van der Waals surface area contributed by atoms with Gasteiger partial charge in [0.1, 0.15) is 16.7 Å². The van der Waals surface area contributed by atoms with Crippen molar-refractivity contribution in [2.75, 3.05) is 55.7 Å². The summed E-state index contributed by atoms with van der Waals surface area (Å²) in [6.45, 7) is 2.77. The summed E-state index contributed by atoms with van der Waals surface area (Å²) in [7, 11) is 1.65. The average molecular weight is 812 g/mol. The molecule has 0 aliphatic carbocycles. The molecular formula is C49H45N7O3S. The fraction of sp³-hybridized carbons (Fsp3) is 0.143. The highest BCUT2D eigenvalue weighted by Gasteiger charge is 2.25. The summed E-state index contributed by atoms with van der Waals surface area (Å²) in [5, 5.41) is 10.1. The van der Waals surface area contributed by atoms with Crippen LogP contribution in [0.4, 0.5) is 45.5 Å². The zero-order valence-corrected chi connectivity index (χ0v) is 34.1. The van der Waals surface area contributed by atoms with Crippen LogP contribution in [0.1, 0.15) is 0 Å². The van der Waals surface area contributed by atoms with Gasteiger partial charge in [-0.3, -0.25) is 0 Å². The summed E-state index contributed by atoms with van der Waals surface area (Å²) in [4.78, 5) is 6.10. The van der Waals surface area contributed by atoms with Gasteiger partial charge in [-0.25, -0.2) is 0 Å². The Morgan fingerprint density at radius 2 is 0.867 bits per heavy atom. The summed E-state index contributed by atoms with van der Waals surface area (Å²) in [5.74, 6) is 0. The largest absolute Gasteiger partial charge is 0.396 e. The lowest BCUT2D eigenvalue weighted by molar-refractivity contribution is 0.0219. The molecule has 7 aromatic carbocycles. The molecule has 1 aromatic heterocycles. The lowest BCUT2D eigenvalue weighted by atomic mass is 9.93. The normalized spacial score (nSPS) is 11.2. The van der Waals surface area contributed by atoms with Crippen molar-refractivity contribution in [1.29, 1.82) is 0 Å². The lowest BCUT2D eigenvalue weighted by Gasteiger charge is -2.26. The molecule has 300 valence electrons. The zero-order chi connectivity index (χ0) is 41.1. The summed E-state index contributed by atoms with van der Waals surface area (Å²) >= 11 is 5.50. The second-order valence-corrected chi connectivity index (χ2v) is 14.1. The number of ether oxygens (including phenoxy) is 3. The topological polar surface area (TPSA) is 103 Å². The highest BCUT2D eigenvalue weighted by Crippen LogP contribution is 2.48. The summed E-state index contributed by atoms with van der Waals surface area (Å²) in [6, 6.07) is 57.8. The number of nitrogen functional groups attached to an aromatic ring is 1. The van der Waals surface area contributed by atoms with Gasteiger partial charge in [-0.15, -0.1) is 0 Å². The molecule has 0 atom stereocenters. The lowest BCUT2D eigenvalue weighted by Crippen LogP contribution is -2.13. The minimum Gasteiger partial charge on any atom is -0.396 e. The predicted octanol–water partition coefficient (Wildman–Crippen LogP) is 11.3. The van der Waals surface area contributed by atoms with E-state index < -0.39 is 0 Å². The fourth-order valence-electron chi connectivity index (χ4n) is 7.31. The summed E-state index contributed by atoms with van der Waals surface area (Å²) in [6.07, 6.45) is 0. The van der Waals surface area contributed by atoms with E-state index in [1.54, 1.807) is 11.9 Å². The van der Waals surface area contributed by atoms with Crippen LogP contribution in [-0.4, -0.2) is 55.1 Å². The zero-order valence-electron chi connectivity index (χ0n) is 33.3. The number of nitrogens with zero attached hydrogens (tertiary/aromatic N) is 6. The van der Waals surface area contributed by atoms with E-state index in [0.29, 0.717) is 73.1 Å². The first-order valence-corrected chi connectivity index (χ1v) is 20.2. The number of fused-ring (bicyclic) bond motifs is 1. The van der Waals surface area contributed by atoms with Gasteiger partial charge in [-0.1, -0.05) is 97.1 Å². The minimum absolute atomic E-state index is 0.389. The Bertz CT molecular complexity index is 2530. The Morgan fingerprint density at radius 1 is 0.500 bits per heavy atom. The Labute approximate surface area is 355 Å². The molecule has 8 rings (SSSR count). The van der Waals surface area contributed by atoms with Crippen LogP contribution in [0.3, 0.4) is 0 Å². The van der Waals surface area contributed by atoms with Crippen molar-refractivity contribution < 1.29 is 14.2 Å². The van der Waals surface area contributed by atoms with Crippen molar-refractivity contribution in [3.8, 4) is 22.3 Å². The van der Waals surface area contributed by atoms with Gasteiger partial charge in [0.2, 0.25) is 0 Å². The number of anilines is 7. The SMILES string of the molecule is COCCOCCOCCn1nc2c(-c3ccc(N(c4ccccc4)c4ccccc4)cc3)c(N)c(N=S)c(-c3ccc(N(c4ccccc4)c4ccccc4)cc3)c2n1. The molecular weight excluding hydrogens is 767 g/mol. The summed E-state index contributed by atoms with van der Waals surface area (Å²) < 4.78 is 20.9. The van der Waals surface area contributed by atoms with Crippen molar-refractivity contribution in [2.45, 2.75) is 6.54 Å². The maximum atomic E-state index is 7.14. The molecule has 0 amide bonds. The van der Waals surface area contributed by atoms with Gasteiger partial charge in [0.05, 0.1) is 45.3 Å². The molecule has 0 aliphatic heterocycles. The number of hydrogen-bond donors (Lipinski definition) is 1. The standard InChI is InChI=1S/C49H45N7O3S/c1-57-32-33-59-35-34-58-31-30-54-51-48-44(36-22-26-42(27-23-36)55(38-14-6-2-7-15-38)39-16-8-3-9-17-39)46(50)47(53-60)45(49(48)52-54)37-24-28-43(29-25-37)56(40-18-10-4-11-19-40)41-20-12-5-13-21-41/h2-29H,30-35,50H2,1H3. The van der Waals surface area contributed by atoms with E-state index in [1.165, 1.54) is 0 Å². The van der Waals surface area contributed by atoms with Gasteiger partial charge in [0.15, 0.2) is 0 Å². The van der Waals surface area contributed by atoms with Crippen LogP contribution in [0.5, 0.6) is 0 Å². The van der Waals surface area contributed by atoms with Gasteiger partial charge >= 0.3 is 0 Å². The van der Waals surface area contributed by atoms with Crippen molar-refractivity contribution >= 4 is 69.0 Å². The molecule has 0 spiro atoms. The van der Waals surface area contributed by atoms with Gasteiger partial charge in [-0.05, 0) is 83.9 Å². The second kappa shape index (κ2) is 19.3. The smallest absolute Gasteiger partial charge is 0.124 e. The average Bonchev–Trinajstić information content (AvgIpc) is 3.72. The third-order valence-electron chi connectivity index (χ3n) is 10.1. The van der Waals surface area contributed by atoms with Gasteiger partial charge in [0.25, 0.3) is 0 Å². The van der Waals surface area contributed by atoms with Crippen LogP contribution in [0, 0.1) is 0 Å². The molecule has 1 heterocycles. The minimum atomic E-state index is 0.389. The quantitative estimate of drug-likeness (QED) is 0.0670. The highest BCUT2D eigenvalue weighted by molar-refractivity contribution is 7.47. The molecule has 0 saturated heterocycles. The van der Waals surface area contributed by atoms with E-state index in [2.05, 4.69) is 111 Å². The monoisotopic (exact) mass is 811 g/mol. The Balaban J connectivity index is 1.19. The van der Waals surface area contributed by atoms with Crippen LogP contribution in [0.15, 0.2) is 174 Å². The third kappa shape index (κ3) is 8.80. The molecule has 0 saturated carbocycles. The van der Waals surface area contributed by atoms with Gasteiger partial charge in [-0.2, -0.15) is 19.4 Å². The number of aromatic nitrogens is 3. The second-order valence-electron chi connectivity index (χ2n) is 13.9. The molecule has 0 unspecified atom stereocenters. The first-order chi connectivity index (χ1) is 29.6. The van der Waals surface area contributed by atoms with E-state index in [0.717, 1.165) is 45.3 Å². The van der Waals surface area contributed by atoms with Crippen LogP contribution >= 0.6 is 0 Å². The van der Waals surface area contributed by atoms with Gasteiger partial charge in [0, 0.05) is 64.8 Å². The number of hydrogen-bond acceptors (Lipinski definition) is 10. The van der Waals surface area contributed by atoms with E-state index in [1.807, 2.05) is 72.8 Å². The Kier molecular flexibility index (Phi) is 12.9. The van der Waals surface area contributed by atoms with E-state index >= 15 is 0 Å². The highest BCUT2D eigenvalue weighted by atomic mass is 32.1. The van der Waals surface area contributed by atoms with Crippen molar-refractivity contribution in [2.24, 2.45) is 4.36 Å².